The van der Waals surface area contributed by atoms with Gasteiger partial charge in [0.15, 0.2) is 0 Å². The van der Waals surface area contributed by atoms with E-state index < -0.39 is 11.7 Å². The molecule has 4 heteroatoms. The Morgan fingerprint density at radius 2 is 2.06 bits per heavy atom. The number of benzene rings is 1. The van der Waals surface area contributed by atoms with Gasteiger partial charge in [-0.1, -0.05) is 20.3 Å². The molecule has 4 nitrogen and oxygen atoms in total. The predicted octanol–water partition coefficient (Wildman–Crippen LogP) is 2.27. The summed E-state index contributed by atoms with van der Waals surface area (Å²) in [6.45, 7) is 4.71. The molecule has 0 N–H and O–H groups in total. The van der Waals surface area contributed by atoms with E-state index in [2.05, 4.69) is 13.8 Å². The number of amides is 1. The summed E-state index contributed by atoms with van der Waals surface area (Å²) in [5, 5.41) is 0. The van der Waals surface area contributed by atoms with Crippen molar-refractivity contribution in [2.75, 3.05) is 18.6 Å². The first-order valence-electron chi connectivity index (χ1n) is 6.12. The van der Waals surface area contributed by atoms with Crippen LogP contribution in [-0.4, -0.2) is 25.3 Å². The molecule has 0 saturated carbocycles. The van der Waals surface area contributed by atoms with Gasteiger partial charge in [-0.15, -0.1) is 0 Å². The fourth-order valence-corrected chi connectivity index (χ4v) is 2.02. The van der Waals surface area contributed by atoms with Crippen molar-refractivity contribution in [1.82, 2.24) is 0 Å². The lowest BCUT2D eigenvalue weighted by Crippen LogP contribution is -2.33. The highest BCUT2D eigenvalue weighted by Crippen LogP contribution is 2.33. The minimum absolute atomic E-state index is 0.360. The average molecular weight is 247 g/mol. The molecule has 0 radical (unpaired) electrons. The molecule has 1 atom stereocenters. The highest BCUT2D eigenvalue weighted by molar-refractivity contribution is 6.52. The number of ketones is 1. The maximum Gasteiger partial charge on any atom is 0.299 e. The van der Waals surface area contributed by atoms with Crippen LogP contribution in [0.1, 0.15) is 30.6 Å². The highest BCUT2D eigenvalue weighted by Gasteiger charge is 2.36. The summed E-state index contributed by atoms with van der Waals surface area (Å²) >= 11 is 0. The SMILES string of the molecule is CCC(C)CN1C(=O)C(=O)c2ccc(OC)cc21. The van der Waals surface area contributed by atoms with Crippen LogP contribution >= 0.6 is 0 Å². The minimum Gasteiger partial charge on any atom is -0.497 e. The lowest BCUT2D eigenvalue weighted by molar-refractivity contribution is -0.114. The Hall–Kier alpha value is -1.84. The van der Waals surface area contributed by atoms with E-state index in [1.54, 1.807) is 30.2 Å². The number of rotatable bonds is 4. The quantitative estimate of drug-likeness (QED) is 0.767. The van der Waals surface area contributed by atoms with Crippen LogP contribution < -0.4 is 9.64 Å². The fraction of sp³-hybridized carbons (Fsp3) is 0.429. The van der Waals surface area contributed by atoms with Crippen molar-refractivity contribution < 1.29 is 14.3 Å². The van der Waals surface area contributed by atoms with Crippen molar-refractivity contribution in [2.45, 2.75) is 20.3 Å². The van der Waals surface area contributed by atoms with Crippen molar-refractivity contribution in [3.05, 3.63) is 23.8 Å². The molecule has 1 aliphatic heterocycles. The molecule has 0 fully saturated rings. The normalized spacial score (nSPS) is 15.8. The zero-order valence-corrected chi connectivity index (χ0v) is 10.9. The van der Waals surface area contributed by atoms with Gasteiger partial charge in [0, 0.05) is 12.6 Å². The van der Waals surface area contributed by atoms with E-state index in [1.807, 2.05) is 0 Å². The van der Waals surface area contributed by atoms with Crippen LogP contribution in [0.3, 0.4) is 0 Å². The fourth-order valence-electron chi connectivity index (χ4n) is 2.02. The maximum atomic E-state index is 11.9. The molecule has 1 aliphatic rings. The lowest BCUT2D eigenvalue weighted by atomic mass is 10.1. The number of carbonyl (C=O) groups is 2. The molecule has 1 aromatic rings. The Kier molecular flexibility index (Phi) is 3.36. The Labute approximate surface area is 107 Å². The third kappa shape index (κ3) is 1.98. The number of hydrogen-bond donors (Lipinski definition) is 0. The first-order chi connectivity index (χ1) is 8.58. The number of nitrogens with zero attached hydrogens (tertiary/aromatic N) is 1. The number of carbonyl (C=O) groups excluding carboxylic acids is 2. The van der Waals surface area contributed by atoms with Crippen LogP contribution in [0, 0.1) is 5.92 Å². The molecular formula is C14H17NO3. The zero-order chi connectivity index (χ0) is 13.3. The summed E-state index contributed by atoms with van der Waals surface area (Å²) < 4.78 is 5.14. The molecule has 2 rings (SSSR count). The summed E-state index contributed by atoms with van der Waals surface area (Å²) in [4.78, 5) is 25.4. The van der Waals surface area contributed by atoms with E-state index in [-0.39, 0.29) is 0 Å². The van der Waals surface area contributed by atoms with E-state index in [1.165, 1.54) is 0 Å². The van der Waals surface area contributed by atoms with E-state index >= 15 is 0 Å². The van der Waals surface area contributed by atoms with Gasteiger partial charge >= 0.3 is 0 Å². The molecule has 0 aromatic heterocycles. The summed E-state index contributed by atoms with van der Waals surface area (Å²) in [6.07, 6.45) is 0.970. The molecule has 1 unspecified atom stereocenters. The summed E-state index contributed by atoms with van der Waals surface area (Å²) in [5.74, 6) is 0.166. The van der Waals surface area contributed by atoms with Crippen LogP contribution in [0.2, 0.25) is 0 Å². The number of hydrogen-bond acceptors (Lipinski definition) is 3. The Morgan fingerprint density at radius 1 is 1.33 bits per heavy atom. The van der Waals surface area contributed by atoms with Crippen molar-refractivity contribution in [1.29, 1.82) is 0 Å². The van der Waals surface area contributed by atoms with Crippen molar-refractivity contribution in [2.24, 2.45) is 5.92 Å². The second-order valence-electron chi connectivity index (χ2n) is 4.64. The predicted molar refractivity (Wildman–Crippen MR) is 69.1 cm³/mol. The van der Waals surface area contributed by atoms with Gasteiger partial charge in [-0.05, 0) is 18.1 Å². The molecule has 0 aliphatic carbocycles. The van der Waals surface area contributed by atoms with Crippen LogP contribution in [0.4, 0.5) is 5.69 Å². The third-order valence-corrected chi connectivity index (χ3v) is 3.37. The van der Waals surface area contributed by atoms with Gasteiger partial charge in [-0.3, -0.25) is 9.59 Å². The van der Waals surface area contributed by atoms with Crippen LogP contribution in [-0.2, 0) is 4.79 Å². The number of anilines is 1. The van der Waals surface area contributed by atoms with Crippen LogP contribution in [0.15, 0.2) is 18.2 Å². The van der Waals surface area contributed by atoms with Crippen molar-refractivity contribution in [3.8, 4) is 5.75 Å². The molecular weight excluding hydrogens is 230 g/mol. The molecule has 0 saturated heterocycles. The zero-order valence-electron chi connectivity index (χ0n) is 10.9. The van der Waals surface area contributed by atoms with Gasteiger partial charge in [0.1, 0.15) is 5.75 Å². The molecule has 1 heterocycles. The highest BCUT2D eigenvalue weighted by atomic mass is 16.5. The van der Waals surface area contributed by atoms with Gasteiger partial charge in [0.05, 0.1) is 18.4 Å². The van der Waals surface area contributed by atoms with E-state index in [0.29, 0.717) is 29.5 Å². The third-order valence-electron chi connectivity index (χ3n) is 3.37. The summed E-state index contributed by atoms with van der Waals surface area (Å²) in [7, 11) is 1.57. The topological polar surface area (TPSA) is 46.6 Å². The van der Waals surface area contributed by atoms with Crippen LogP contribution in [0.25, 0.3) is 0 Å². The van der Waals surface area contributed by atoms with Crippen LogP contribution in [0.5, 0.6) is 5.75 Å². The van der Waals surface area contributed by atoms with E-state index in [4.69, 9.17) is 4.74 Å². The van der Waals surface area contributed by atoms with Gasteiger partial charge in [0.2, 0.25) is 0 Å². The average Bonchev–Trinajstić information content (AvgIpc) is 2.63. The second-order valence-corrected chi connectivity index (χ2v) is 4.64. The van der Waals surface area contributed by atoms with Crippen molar-refractivity contribution in [3.63, 3.8) is 0 Å². The van der Waals surface area contributed by atoms with Gasteiger partial charge in [0.25, 0.3) is 11.7 Å². The molecule has 18 heavy (non-hydrogen) atoms. The van der Waals surface area contributed by atoms with E-state index in [9.17, 15) is 9.59 Å². The van der Waals surface area contributed by atoms with Gasteiger partial charge in [-0.2, -0.15) is 0 Å². The standard InChI is InChI=1S/C14H17NO3/c1-4-9(2)8-15-12-7-10(18-3)5-6-11(12)13(16)14(15)17/h5-7,9H,4,8H2,1-3H3. The maximum absolute atomic E-state index is 11.9. The summed E-state index contributed by atoms with van der Waals surface area (Å²) in [5.41, 5.74) is 1.15. The molecule has 1 aromatic carbocycles. The monoisotopic (exact) mass is 247 g/mol. The number of ether oxygens (including phenoxy) is 1. The first kappa shape index (κ1) is 12.6. The van der Waals surface area contributed by atoms with Gasteiger partial charge < -0.3 is 9.64 Å². The van der Waals surface area contributed by atoms with Crippen molar-refractivity contribution >= 4 is 17.4 Å². The smallest absolute Gasteiger partial charge is 0.299 e. The van der Waals surface area contributed by atoms with E-state index in [0.717, 1.165) is 6.42 Å². The molecule has 96 valence electrons. The van der Waals surface area contributed by atoms with Gasteiger partial charge in [-0.25, -0.2) is 0 Å². The Balaban J connectivity index is 2.39. The largest absolute Gasteiger partial charge is 0.497 e. The number of Topliss-reactive ketones (excluding diaryl/α,β-unsaturated/α-hetero) is 1. The molecule has 1 amide bonds. The number of methoxy groups -OCH3 is 1. The molecule has 0 bridgehead atoms. The Morgan fingerprint density at radius 3 is 2.67 bits per heavy atom. The summed E-state index contributed by atoms with van der Waals surface area (Å²) in [6, 6.07) is 5.11. The lowest BCUT2D eigenvalue weighted by Gasteiger charge is -2.20. The Bertz CT molecular complexity index is 496. The second kappa shape index (κ2) is 4.80. The number of fused-ring (bicyclic) bond motifs is 1. The molecule has 0 spiro atoms. The minimum atomic E-state index is -0.432. The first-order valence-corrected chi connectivity index (χ1v) is 6.12.